The fourth-order valence-electron chi connectivity index (χ4n) is 3.25. The van der Waals surface area contributed by atoms with Crippen LogP contribution in [0.15, 0.2) is 16.8 Å². The molecule has 6 N–H and O–H groups in total. The van der Waals surface area contributed by atoms with E-state index in [1.54, 1.807) is 0 Å². The maximum Gasteiger partial charge on any atom is 0.306 e. The minimum atomic E-state index is -5.05. The number of nitrogens with one attached hydrogen (secondary N) is 1. The van der Waals surface area contributed by atoms with Gasteiger partial charge >= 0.3 is 17.6 Å². The first kappa shape index (κ1) is 32.9. The number of esters is 2. The molecule has 0 aliphatic heterocycles. The van der Waals surface area contributed by atoms with Crippen molar-refractivity contribution in [2.24, 2.45) is 0 Å². The number of unbranched alkanes of at least 4 members (excludes halogenated alkanes) is 4. The summed E-state index contributed by atoms with van der Waals surface area (Å²) in [6.07, 6.45) is 3.14. The van der Waals surface area contributed by atoms with Gasteiger partial charge in [0, 0.05) is 25.5 Å². The lowest BCUT2D eigenvalue weighted by Crippen LogP contribution is -2.30. The highest BCUT2D eigenvalue weighted by Crippen LogP contribution is 2.30. The highest BCUT2D eigenvalue weighted by atomic mass is 31.2. The molecule has 0 amide bonds. The summed E-state index contributed by atoms with van der Waals surface area (Å²) in [5, 5.41) is 21.4. The van der Waals surface area contributed by atoms with Gasteiger partial charge in [-0.25, -0.2) is 4.63 Å². The lowest BCUT2D eigenvalue weighted by Gasteiger charge is -2.21. The predicted molar refractivity (Wildman–Crippen MR) is 132 cm³/mol. The smallest absolute Gasteiger partial charge is 0.306 e. The Kier molecular flexibility index (Phi) is 14.4. The van der Waals surface area contributed by atoms with E-state index in [1.807, 2.05) is 6.92 Å². The third-order valence-electron chi connectivity index (χ3n) is 5.10. The van der Waals surface area contributed by atoms with E-state index in [4.69, 9.17) is 14.4 Å². The maximum atomic E-state index is 12.2. The Morgan fingerprint density at radius 1 is 1.11 bits per heavy atom. The van der Waals surface area contributed by atoms with Gasteiger partial charge in [-0.1, -0.05) is 26.2 Å². The number of phosphoric ester groups is 1. The quantitative estimate of drug-likeness (QED) is 0.0775. The summed E-state index contributed by atoms with van der Waals surface area (Å²) in [7, 11) is -5.05. The van der Waals surface area contributed by atoms with Crippen molar-refractivity contribution in [1.29, 1.82) is 0 Å². The van der Waals surface area contributed by atoms with Gasteiger partial charge in [-0.05, 0) is 35.6 Å². The average Bonchev–Trinajstić information content (AvgIpc) is 3.32. The first-order chi connectivity index (χ1) is 17.6. The molecular weight excluding hydrogens is 529 g/mol. The van der Waals surface area contributed by atoms with E-state index in [1.165, 1.54) is 12.1 Å². The number of ether oxygens (including phenoxy) is 2. The largest absolute Gasteiger partial charge is 0.756 e. The van der Waals surface area contributed by atoms with E-state index in [0.717, 1.165) is 12.8 Å². The normalized spacial score (nSPS) is 13.2. The zero-order valence-corrected chi connectivity index (χ0v) is 22.2. The van der Waals surface area contributed by atoms with Gasteiger partial charge < -0.3 is 35.3 Å². The number of carbonyl (C=O) groups excluding carboxylic acids is 2. The van der Waals surface area contributed by atoms with Crippen molar-refractivity contribution >= 4 is 42.2 Å². The van der Waals surface area contributed by atoms with Crippen molar-refractivity contribution in [3.8, 4) is 0 Å². The number of anilines is 1. The summed E-state index contributed by atoms with van der Waals surface area (Å²) < 4.78 is 30.0. The topological polar surface area (TPSA) is 253 Å². The average molecular weight is 564 g/mol. The summed E-state index contributed by atoms with van der Waals surface area (Å²) in [4.78, 5) is 54.1. The molecule has 1 aromatic carbocycles. The minimum absolute atomic E-state index is 0. The minimum Gasteiger partial charge on any atom is -0.756 e. The van der Waals surface area contributed by atoms with Gasteiger partial charge in [0.15, 0.2) is 11.6 Å². The molecule has 1 aromatic heterocycles. The second-order valence-corrected chi connectivity index (χ2v) is 9.30. The van der Waals surface area contributed by atoms with E-state index in [0.29, 0.717) is 37.9 Å². The standard InChI is InChI=1S/C21H31N4O11P.H3N/c1-2-3-5-8-18(26)33-13-15(14-34-37(30,31)32)35-19(27)9-6-4-7-12-22-16-10-11-17(25(28)29)21-20(16)23-36-24-21;/h10-11,15,22H,2-9,12-14H2,1H3,(H2,30,31,32);1H3/t15-;/m1./s1. The number of carbonyl (C=O) groups is 2. The number of hydrogen-bond donors (Lipinski definition) is 3. The van der Waals surface area contributed by atoms with Crippen molar-refractivity contribution in [2.45, 2.75) is 64.4 Å². The predicted octanol–water partition coefficient (Wildman–Crippen LogP) is 2.99. The highest BCUT2D eigenvalue weighted by Gasteiger charge is 2.20. The van der Waals surface area contributed by atoms with Crippen LogP contribution in [-0.4, -0.2) is 57.9 Å². The van der Waals surface area contributed by atoms with Gasteiger partial charge in [0.25, 0.3) is 7.82 Å². The Morgan fingerprint density at radius 2 is 1.79 bits per heavy atom. The van der Waals surface area contributed by atoms with Gasteiger partial charge in [-0.3, -0.25) is 24.3 Å². The first-order valence-corrected chi connectivity index (χ1v) is 13.3. The third kappa shape index (κ3) is 11.9. The van der Waals surface area contributed by atoms with Gasteiger partial charge in [0.1, 0.15) is 6.61 Å². The molecular formula is C21H34N5O11P. The van der Waals surface area contributed by atoms with Crippen LogP contribution < -0.4 is 16.4 Å². The molecule has 1 heterocycles. The molecule has 0 aliphatic rings. The number of phosphoric acid groups is 1. The molecule has 0 saturated heterocycles. The molecule has 1 unspecified atom stereocenters. The van der Waals surface area contributed by atoms with E-state index in [2.05, 4.69) is 24.8 Å². The molecule has 2 atom stereocenters. The monoisotopic (exact) mass is 563 g/mol. The summed E-state index contributed by atoms with van der Waals surface area (Å²) in [5.74, 6) is -1.16. The van der Waals surface area contributed by atoms with Gasteiger partial charge in [-0.2, -0.15) is 0 Å². The number of hydrogen-bond acceptors (Lipinski definition) is 13. The van der Waals surface area contributed by atoms with Crippen LogP contribution in [0.3, 0.4) is 0 Å². The number of fused-ring (bicyclic) bond motifs is 1. The molecule has 2 aromatic rings. The van der Waals surface area contributed by atoms with Crippen LogP contribution in [-0.2, 0) is 28.2 Å². The lowest BCUT2D eigenvalue weighted by molar-refractivity contribution is -0.383. The number of nitrogens with zero attached hydrogens (tertiary/aromatic N) is 3. The number of benzene rings is 1. The van der Waals surface area contributed by atoms with E-state index in [9.17, 15) is 29.2 Å². The molecule has 0 aliphatic carbocycles. The number of aromatic nitrogens is 2. The van der Waals surface area contributed by atoms with Crippen LogP contribution in [0.25, 0.3) is 11.0 Å². The summed E-state index contributed by atoms with van der Waals surface area (Å²) in [5.41, 5.74) is 0.584. The summed E-state index contributed by atoms with van der Waals surface area (Å²) in [6.45, 7) is 1.38. The molecule has 38 heavy (non-hydrogen) atoms. The molecule has 2 rings (SSSR count). The van der Waals surface area contributed by atoms with Crippen molar-refractivity contribution in [3.63, 3.8) is 0 Å². The molecule has 16 nitrogen and oxygen atoms in total. The van der Waals surface area contributed by atoms with Crippen LogP contribution in [0.2, 0.25) is 0 Å². The zero-order chi connectivity index (χ0) is 27.3. The Hall–Kier alpha value is -3.17. The Bertz CT molecular complexity index is 1090. The number of rotatable bonds is 18. The van der Waals surface area contributed by atoms with Crippen LogP contribution in [0.5, 0.6) is 0 Å². The van der Waals surface area contributed by atoms with E-state index >= 15 is 0 Å². The van der Waals surface area contributed by atoms with Crippen molar-refractivity contribution in [1.82, 2.24) is 16.5 Å². The van der Waals surface area contributed by atoms with Crippen LogP contribution in [0.4, 0.5) is 11.4 Å². The number of nitro groups is 1. The molecule has 0 bridgehead atoms. The molecule has 214 valence electrons. The Morgan fingerprint density at radius 3 is 2.47 bits per heavy atom. The van der Waals surface area contributed by atoms with Crippen molar-refractivity contribution in [3.05, 3.63) is 22.2 Å². The van der Waals surface area contributed by atoms with E-state index < -0.39 is 44.0 Å². The lowest BCUT2D eigenvalue weighted by atomic mass is 10.2. The van der Waals surface area contributed by atoms with E-state index in [-0.39, 0.29) is 35.7 Å². The second kappa shape index (κ2) is 16.6. The zero-order valence-electron chi connectivity index (χ0n) is 21.3. The summed E-state index contributed by atoms with van der Waals surface area (Å²) >= 11 is 0. The first-order valence-electron chi connectivity index (χ1n) is 11.8. The Balaban J connectivity index is 0.00000722. The number of quaternary nitrogens is 1. The Labute approximate surface area is 218 Å². The molecule has 0 radical (unpaired) electrons. The van der Waals surface area contributed by atoms with Crippen LogP contribution >= 0.6 is 7.82 Å². The van der Waals surface area contributed by atoms with Crippen LogP contribution in [0, 0.1) is 10.1 Å². The molecule has 17 heteroatoms. The highest BCUT2D eigenvalue weighted by molar-refractivity contribution is 7.44. The fraction of sp³-hybridized carbons (Fsp3) is 0.619. The van der Waals surface area contributed by atoms with Crippen molar-refractivity contribution in [2.75, 3.05) is 25.1 Å². The van der Waals surface area contributed by atoms with Gasteiger partial charge in [0.05, 0.1) is 17.2 Å². The van der Waals surface area contributed by atoms with Crippen molar-refractivity contribution < 1.29 is 47.5 Å². The fourth-order valence-corrected chi connectivity index (χ4v) is 3.61. The molecule has 0 saturated carbocycles. The SMILES string of the molecule is CCCCCC(=O)OC[C@H](COP(=O)([O-])O)OC(=O)CCCCCNc1ccc([N+](=O)[O-])c2nonc12.[NH4+]. The number of nitro benzene ring substituents is 1. The second-order valence-electron chi connectivity index (χ2n) is 8.10. The number of non-ortho nitro benzene ring substituents is 1. The van der Waals surface area contributed by atoms with Gasteiger partial charge in [0.2, 0.25) is 5.52 Å². The third-order valence-corrected chi connectivity index (χ3v) is 5.58. The van der Waals surface area contributed by atoms with Crippen LogP contribution in [0.1, 0.15) is 58.3 Å². The molecule has 0 fully saturated rings. The maximum absolute atomic E-state index is 12.2. The molecule has 0 spiro atoms. The summed E-state index contributed by atoms with van der Waals surface area (Å²) in [6, 6.07) is 2.81. The van der Waals surface area contributed by atoms with Gasteiger partial charge in [-0.15, -0.1) is 0 Å².